The number of rotatable bonds is 4. The lowest BCUT2D eigenvalue weighted by atomic mass is 9.90. The normalized spacial score (nSPS) is 25.3. The monoisotopic (exact) mass is 254 g/mol. The van der Waals surface area contributed by atoms with E-state index in [0.717, 1.165) is 25.7 Å². The summed E-state index contributed by atoms with van der Waals surface area (Å²) in [6.45, 7) is 2.15. The second-order valence-corrected chi connectivity index (χ2v) is 5.13. The van der Waals surface area contributed by atoms with Crippen LogP contribution in [0.15, 0.2) is 18.2 Å². The summed E-state index contributed by atoms with van der Waals surface area (Å²) in [4.78, 5) is 0. The van der Waals surface area contributed by atoms with Gasteiger partial charge in [0.2, 0.25) is 0 Å². The SMILES string of the molecule is CCC1CCC(C(NN)c2c(F)cccc2F)C1. The molecule has 2 rings (SSSR count). The highest BCUT2D eigenvalue weighted by Crippen LogP contribution is 2.41. The highest BCUT2D eigenvalue weighted by molar-refractivity contribution is 5.24. The van der Waals surface area contributed by atoms with E-state index in [1.165, 1.54) is 18.2 Å². The first-order valence-electron chi connectivity index (χ1n) is 6.57. The van der Waals surface area contributed by atoms with Crippen LogP contribution in [0.3, 0.4) is 0 Å². The van der Waals surface area contributed by atoms with E-state index in [9.17, 15) is 8.78 Å². The standard InChI is InChI=1S/C14H20F2N2/c1-2-9-6-7-10(8-9)14(18-17)13-11(15)4-3-5-12(13)16/h3-5,9-10,14,18H,2,6-8,17H2,1H3. The van der Waals surface area contributed by atoms with E-state index in [2.05, 4.69) is 12.3 Å². The summed E-state index contributed by atoms with van der Waals surface area (Å²) in [7, 11) is 0. The Balaban J connectivity index is 2.23. The van der Waals surface area contributed by atoms with Crippen molar-refractivity contribution in [3.8, 4) is 0 Å². The molecule has 1 fully saturated rings. The average Bonchev–Trinajstić information content (AvgIpc) is 2.82. The Kier molecular flexibility index (Phi) is 4.30. The van der Waals surface area contributed by atoms with Crippen LogP contribution in [0.2, 0.25) is 0 Å². The molecule has 100 valence electrons. The van der Waals surface area contributed by atoms with Crippen molar-refractivity contribution in [2.24, 2.45) is 17.7 Å². The molecule has 2 nitrogen and oxygen atoms in total. The van der Waals surface area contributed by atoms with Crippen molar-refractivity contribution in [2.75, 3.05) is 0 Å². The zero-order valence-electron chi connectivity index (χ0n) is 10.6. The summed E-state index contributed by atoms with van der Waals surface area (Å²) in [5, 5.41) is 0. The summed E-state index contributed by atoms with van der Waals surface area (Å²) < 4.78 is 27.6. The Morgan fingerprint density at radius 1 is 1.33 bits per heavy atom. The van der Waals surface area contributed by atoms with Crippen LogP contribution in [-0.4, -0.2) is 0 Å². The molecule has 0 saturated heterocycles. The maximum absolute atomic E-state index is 13.8. The van der Waals surface area contributed by atoms with Crippen LogP contribution in [0, 0.1) is 23.5 Å². The predicted molar refractivity (Wildman–Crippen MR) is 67.5 cm³/mol. The number of halogens is 2. The molecule has 1 saturated carbocycles. The highest BCUT2D eigenvalue weighted by atomic mass is 19.1. The molecule has 3 unspecified atom stereocenters. The minimum Gasteiger partial charge on any atom is -0.271 e. The van der Waals surface area contributed by atoms with Crippen LogP contribution in [0.4, 0.5) is 8.78 Å². The molecule has 3 N–H and O–H groups in total. The number of benzene rings is 1. The average molecular weight is 254 g/mol. The number of hydrogen-bond acceptors (Lipinski definition) is 2. The maximum atomic E-state index is 13.8. The summed E-state index contributed by atoms with van der Waals surface area (Å²) in [6.07, 6.45) is 4.20. The van der Waals surface area contributed by atoms with E-state index in [0.29, 0.717) is 5.92 Å². The van der Waals surface area contributed by atoms with E-state index in [4.69, 9.17) is 5.84 Å². The molecular weight excluding hydrogens is 234 g/mol. The summed E-state index contributed by atoms with van der Waals surface area (Å²) in [5.74, 6) is 5.36. The molecule has 1 aliphatic rings. The molecule has 1 aromatic carbocycles. The fourth-order valence-electron chi connectivity index (χ4n) is 3.05. The van der Waals surface area contributed by atoms with Gasteiger partial charge in [-0.1, -0.05) is 25.8 Å². The van der Waals surface area contributed by atoms with Crippen molar-refractivity contribution in [3.63, 3.8) is 0 Å². The van der Waals surface area contributed by atoms with Gasteiger partial charge in [0.1, 0.15) is 11.6 Å². The summed E-state index contributed by atoms with van der Waals surface area (Å²) in [5.41, 5.74) is 2.69. The molecule has 0 heterocycles. The second kappa shape index (κ2) is 5.76. The van der Waals surface area contributed by atoms with E-state index in [1.807, 2.05) is 0 Å². The highest BCUT2D eigenvalue weighted by Gasteiger charge is 2.33. The summed E-state index contributed by atoms with van der Waals surface area (Å²) in [6, 6.07) is 3.53. The fourth-order valence-corrected chi connectivity index (χ4v) is 3.05. The lowest BCUT2D eigenvalue weighted by molar-refractivity contribution is 0.338. The van der Waals surface area contributed by atoms with Crippen molar-refractivity contribution in [2.45, 2.75) is 38.6 Å². The van der Waals surface area contributed by atoms with Crippen LogP contribution in [0.25, 0.3) is 0 Å². The van der Waals surface area contributed by atoms with Crippen molar-refractivity contribution in [1.82, 2.24) is 5.43 Å². The fraction of sp³-hybridized carbons (Fsp3) is 0.571. The number of hydrogen-bond donors (Lipinski definition) is 2. The minimum atomic E-state index is -0.516. The number of hydrazine groups is 1. The van der Waals surface area contributed by atoms with Gasteiger partial charge in [-0.25, -0.2) is 8.78 Å². The molecule has 0 amide bonds. The van der Waals surface area contributed by atoms with Gasteiger partial charge in [-0.05, 0) is 36.8 Å². The first-order valence-corrected chi connectivity index (χ1v) is 6.57. The molecule has 0 aromatic heterocycles. The van der Waals surface area contributed by atoms with Gasteiger partial charge >= 0.3 is 0 Å². The van der Waals surface area contributed by atoms with Gasteiger partial charge < -0.3 is 0 Å². The Morgan fingerprint density at radius 3 is 2.50 bits per heavy atom. The van der Waals surface area contributed by atoms with Gasteiger partial charge in [0.15, 0.2) is 0 Å². The van der Waals surface area contributed by atoms with Crippen LogP contribution < -0.4 is 11.3 Å². The van der Waals surface area contributed by atoms with Crippen LogP contribution in [0.5, 0.6) is 0 Å². The van der Waals surface area contributed by atoms with Gasteiger partial charge in [-0.15, -0.1) is 0 Å². The number of nitrogens with two attached hydrogens (primary N) is 1. The van der Waals surface area contributed by atoms with E-state index in [1.54, 1.807) is 0 Å². The van der Waals surface area contributed by atoms with Crippen molar-refractivity contribution < 1.29 is 8.78 Å². The van der Waals surface area contributed by atoms with Gasteiger partial charge in [-0.3, -0.25) is 11.3 Å². The van der Waals surface area contributed by atoms with E-state index in [-0.39, 0.29) is 11.5 Å². The Hall–Kier alpha value is -1.00. The molecule has 1 aliphatic carbocycles. The van der Waals surface area contributed by atoms with Crippen LogP contribution in [-0.2, 0) is 0 Å². The largest absolute Gasteiger partial charge is 0.271 e. The number of nitrogens with one attached hydrogen (secondary N) is 1. The Labute approximate surface area is 107 Å². The third-order valence-corrected chi connectivity index (χ3v) is 4.12. The molecule has 0 bridgehead atoms. The third kappa shape index (κ3) is 2.54. The lowest BCUT2D eigenvalue weighted by Crippen LogP contribution is -2.34. The first kappa shape index (κ1) is 13.4. The summed E-state index contributed by atoms with van der Waals surface area (Å²) >= 11 is 0. The predicted octanol–water partition coefficient (Wildman–Crippen LogP) is 3.30. The molecule has 3 atom stereocenters. The first-order chi connectivity index (χ1) is 8.67. The van der Waals surface area contributed by atoms with Crippen LogP contribution in [0.1, 0.15) is 44.2 Å². The quantitative estimate of drug-likeness (QED) is 0.639. The lowest BCUT2D eigenvalue weighted by Gasteiger charge is -2.24. The minimum absolute atomic E-state index is 0.0850. The van der Waals surface area contributed by atoms with Crippen molar-refractivity contribution in [1.29, 1.82) is 0 Å². The van der Waals surface area contributed by atoms with Crippen molar-refractivity contribution >= 4 is 0 Å². The van der Waals surface area contributed by atoms with E-state index < -0.39 is 17.7 Å². The molecule has 1 aromatic rings. The molecule has 0 aliphatic heterocycles. The second-order valence-electron chi connectivity index (χ2n) is 5.13. The maximum Gasteiger partial charge on any atom is 0.130 e. The van der Waals surface area contributed by atoms with E-state index >= 15 is 0 Å². The van der Waals surface area contributed by atoms with Gasteiger partial charge in [0, 0.05) is 5.56 Å². The molecule has 4 heteroatoms. The molecular formula is C14H20F2N2. The third-order valence-electron chi connectivity index (χ3n) is 4.12. The zero-order valence-corrected chi connectivity index (χ0v) is 10.6. The zero-order chi connectivity index (χ0) is 13.1. The Morgan fingerprint density at radius 2 is 2.00 bits per heavy atom. The van der Waals surface area contributed by atoms with Crippen molar-refractivity contribution in [3.05, 3.63) is 35.4 Å². The smallest absolute Gasteiger partial charge is 0.130 e. The molecule has 18 heavy (non-hydrogen) atoms. The van der Waals surface area contributed by atoms with Gasteiger partial charge in [-0.2, -0.15) is 0 Å². The van der Waals surface area contributed by atoms with Gasteiger partial charge in [0.05, 0.1) is 6.04 Å². The molecule has 0 radical (unpaired) electrons. The van der Waals surface area contributed by atoms with Gasteiger partial charge in [0.25, 0.3) is 0 Å². The topological polar surface area (TPSA) is 38.0 Å². The molecule has 0 spiro atoms. The van der Waals surface area contributed by atoms with Crippen LogP contribution >= 0.6 is 0 Å². The Bertz CT molecular complexity index is 389.